The van der Waals surface area contributed by atoms with Crippen molar-refractivity contribution in [3.63, 3.8) is 0 Å². The van der Waals surface area contributed by atoms with Crippen LogP contribution in [0.5, 0.6) is 11.5 Å². The molecule has 0 amide bonds. The highest BCUT2D eigenvalue weighted by atomic mass is 79.9. The third kappa shape index (κ3) is 3.37. The summed E-state index contributed by atoms with van der Waals surface area (Å²) in [5.41, 5.74) is -0.386. The first kappa shape index (κ1) is 17.8. The molecule has 2 aromatic carbocycles. The number of rotatable bonds is 4. The molecule has 2 aromatic rings. The summed E-state index contributed by atoms with van der Waals surface area (Å²) in [6, 6.07) is 5.11. The Labute approximate surface area is 155 Å². The van der Waals surface area contributed by atoms with Gasteiger partial charge in [-0.2, -0.15) is 0 Å². The quantitative estimate of drug-likeness (QED) is 0.419. The molecule has 0 spiro atoms. The standard InChI is InChI=1S/C14H10BrClN2O6S/c15-8-3-7-1-2-24-14(7)12(4-8)25(22,23)17-10-5-9(16)6-11(13(10)19)18(20)21/h3-6,17,19H,1-2H2. The summed E-state index contributed by atoms with van der Waals surface area (Å²) in [5.74, 6) is -0.614. The highest BCUT2D eigenvalue weighted by molar-refractivity contribution is 9.10. The monoisotopic (exact) mass is 448 g/mol. The van der Waals surface area contributed by atoms with E-state index in [1.165, 1.54) is 6.07 Å². The van der Waals surface area contributed by atoms with Crippen molar-refractivity contribution in [1.29, 1.82) is 0 Å². The lowest BCUT2D eigenvalue weighted by atomic mass is 10.2. The summed E-state index contributed by atoms with van der Waals surface area (Å²) in [6.07, 6.45) is 0.561. The van der Waals surface area contributed by atoms with Gasteiger partial charge in [-0.15, -0.1) is 0 Å². The van der Waals surface area contributed by atoms with E-state index in [9.17, 15) is 23.6 Å². The third-order valence-electron chi connectivity index (χ3n) is 3.50. The van der Waals surface area contributed by atoms with Gasteiger partial charge in [0.15, 0.2) is 0 Å². The first-order valence-corrected chi connectivity index (χ1v) is 9.49. The maximum absolute atomic E-state index is 12.7. The van der Waals surface area contributed by atoms with Crippen LogP contribution in [0.25, 0.3) is 0 Å². The van der Waals surface area contributed by atoms with E-state index in [0.29, 0.717) is 17.5 Å². The second-order valence-electron chi connectivity index (χ2n) is 5.17. The van der Waals surface area contributed by atoms with Gasteiger partial charge in [0.2, 0.25) is 5.75 Å². The fourth-order valence-corrected chi connectivity index (χ4v) is 4.58. The number of nitro groups is 1. The fourth-order valence-electron chi connectivity index (χ4n) is 2.44. The zero-order valence-electron chi connectivity index (χ0n) is 12.3. The Kier molecular flexibility index (Phi) is 4.52. The number of nitrogens with one attached hydrogen (secondary N) is 1. The fraction of sp³-hybridized carbons (Fsp3) is 0.143. The maximum Gasteiger partial charge on any atom is 0.314 e. The van der Waals surface area contributed by atoms with Gasteiger partial charge in [-0.3, -0.25) is 14.8 Å². The van der Waals surface area contributed by atoms with Gasteiger partial charge in [0.05, 0.1) is 17.2 Å². The number of phenolic OH excluding ortho intramolecular Hbond substituents is 1. The van der Waals surface area contributed by atoms with E-state index in [0.717, 1.165) is 17.7 Å². The molecule has 0 bridgehead atoms. The van der Waals surface area contributed by atoms with Crippen molar-refractivity contribution in [1.82, 2.24) is 0 Å². The molecule has 0 radical (unpaired) electrons. The molecule has 0 aliphatic carbocycles. The molecular formula is C14H10BrClN2O6S. The number of ether oxygens (including phenoxy) is 1. The summed E-state index contributed by atoms with van der Waals surface area (Å²) in [6.45, 7) is 0.349. The summed E-state index contributed by atoms with van der Waals surface area (Å²) >= 11 is 9.02. The van der Waals surface area contributed by atoms with Gasteiger partial charge < -0.3 is 9.84 Å². The largest absolute Gasteiger partial charge is 0.501 e. The SMILES string of the molecule is O=[N+]([O-])c1cc(Cl)cc(NS(=O)(=O)c2cc(Br)cc3c2OCC3)c1O. The topological polar surface area (TPSA) is 119 Å². The van der Waals surface area contributed by atoms with Crippen LogP contribution >= 0.6 is 27.5 Å². The number of sulfonamides is 1. The molecule has 0 aromatic heterocycles. The van der Waals surface area contributed by atoms with Gasteiger partial charge in [0.1, 0.15) is 10.6 Å². The number of hydrogen-bond acceptors (Lipinski definition) is 6. The summed E-state index contributed by atoms with van der Waals surface area (Å²) < 4.78 is 33.5. The number of halogens is 2. The van der Waals surface area contributed by atoms with Crippen molar-refractivity contribution in [2.75, 3.05) is 11.3 Å². The summed E-state index contributed by atoms with van der Waals surface area (Å²) in [4.78, 5) is 9.94. The molecule has 0 saturated heterocycles. The predicted molar refractivity (Wildman–Crippen MR) is 93.9 cm³/mol. The lowest BCUT2D eigenvalue weighted by Gasteiger charge is -2.13. The van der Waals surface area contributed by atoms with E-state index in [4.69, 9.17) is 16.3 Å². The van der Waals surface area contributed by atoms with Crippen molar-refractivity contribution >= 4 is 48.9 Å². The number of benzene rings is 2. The predicted octanol–water partition coefficient (Wildman–Crippen LogP) is 3.45. The van der Waals surface area contributed by atoms with E-state index < -0.39 is 32.1 Å². The average molecular weight is 450 g/mol. The lowest BCUT2D eigenvalue weighted by molar-refractivity contribution is -0.385. The maximum atomic E-state index is 12.7. The molecule has 3 rings (SSSR count). The molecule has 1 heterocycles. The summed E-state index contributed by atoms with van der Waals surface area (Å²) in [7, 11) is -4.19. The van der Waals surface area contributed by atoms with Crippen molar-refractivity contribution in [2.45, 2.75) is 11.3 Å². The lowest BCUT2D eigenvalue weighted by Crippen LogP contribution is -2.14. The molecule has 0 saturated carbocycles. The van der Waals surface area contributed by atoms with E-state index >= 15 is 0 Å². The first-order valence-electron chi connectivity index (χ1n) is 6.84. The molecular weight excluding hydrogens is 440 g/mol. The minimum absolute atomic E-state index is 0.0991. The van der Waals surface area contributed by atoms with Crippen LogP contribution in [0.1, 0.15) is 5.56 Å². The smallest absolute Gasteiger partial charge is 0.314 e. The van der Waals surface area contributed by atoms with Crippen molar-refractivity contribution in [3.8, 4) is 11.5 Å². The van der Waals surface area contributed by atoms with Gasteiger partial charge in [-0.1, -0.05) is 27.5 Å². The molecule has 0 atom stereocenters. The molecule has 2 N–H and O–H groups in total. The van der Waals surface area contributed by atoms with Crippen LogP contribution in [0.3, 0.4) is 0 Å². The molecule has 11 heteroatoms. The Hall–Kier alpha value is -2.04. The van der Waals surface area contributed by atoms with Gasteiger partial charge in [-0.05, 0) is 18.2 Å². The Morgan fingerprint density at radius 2 is 2.04 bits per heavy atom. The highest BCUT2D eigenvalue weighted by Gasteiger charge is 2.28. The van der Waals surface area contributed by atoms with Crippen molar-refractivity contribution < 1.29 is 23.2 Å². The Morgan fingerprint density at radius 1 is 1.32 bits per heavy atom. The zero-order chi connectivity index (χ0) is 18.4. The average Bonchev–Trinajstić information content (AvgIpc) is 2.97. The van der Waals surface area contributed by atoms with E-state index in [2.05, 4.69) is 20.7 Å². The van der Waals surface area contributed by atoms with Crippen LogP contribution in [0.4, 0.5) is 11.4 Å². The molecule has 132 valence electrons. The van der Waals surface area contributed by atoms with Crippen molar-refractivity contribution in [3.05, 3.63) is 49.4 Å². The highest BCUT2D eigenvalue weighted by Crippen LogP contribution is 2.40. The third-order valence-corrected chi connectivity index (χ3v) is 5.55. The van der Waals surface area contributed by atoms with Crippen LogP contribution in [0.15, 0.2) is 33.6 Å². The Morgan fingerprint density at radius 3 is 2.72 bits per heavy atom. The van der Waals surface area contributed by atoms with Crippen LogP contribution < -0.4 is 9.46 Å². The van der Waals surface area contributed by atoms with Crippen LogP contribution in [0.2, 0.25) is 5.02 Å². The molecule has 1 aliphatic rings. The molecule has 25 heavy (non-hydrogen) atoms. The van der Waals surface area contributed by atoms with Crippen LogP contribution in [-0.4, -0.2) is 25.1 Å². The van der Waals surface area contributed by atoms with E-state index in [1.807, 2.05) is 0 Å². The number of aromatic hydroxyl groups is 1. The normalized spacial score (nSPS) is 13.2. The van der Waals surface area contributed by atoms with Gasteiger partial charge in [0.25, 0.3) is 10.0 Å². The number of nitro benzene ring substituents is 1. The number of hydrogen-bond donors (Lipinski definition) is 2. The number of fused-ring (bicyclic) bond motifs is 1. The molecule has 8 nitrogen and oxygen atoms in total. The second kappa shape index (κ2) is 6.36. The Bertz CT molecular complexity index is 995. The van der Waals surface area contributed by atoms with Crippen LogP contribution in [0, 0.1) is 10.1 Å². The van der Waals surface area contributed by atoms with Gasteiger partial charge >= 0.3 is 5.69 Å². The summed E-state index contributed by atoms with van der Waals surface area (Å²) in [5, 5.41) is 20.8. The second-order valence-corrected chi connectivity index (χ2v) is 8.18. The zero-order valence-corrected chi connectivity index (χ0v) is 15.5. The van der Waals surface area contributed by atoms with Crippen LogP contribution in [-0.2, 0) is 16.4 Å². The minimum atomic E-state index is -4.19. The van der Waals surface area contributed by atoms with Gasteiger partial charge in [-0.25, -0.2) is 8.42 Å². The number of anilines is 1. The van der Waals surface area contributed by atoms with Gasteiger partial charge in [0, 0.05) is 27.5 Å². The number of nitrogens with zero attached hydrogens (tertiary/aromatic N) is 1. The molecule has 1 aliphatic heterocycles. The van der Waals surface area contributed by atoms with E-state index in [-0.39, 0.29) is 15.7 Å². The number of phenols is 1. The first-order chi connectivity index (χ1) is 11.7. The Balaban J connectivity index is 2.09. The minimum Gasteiger partial charge on any atom is -0.501 e. The molecule has 0 unspecified atom stereocenters. The van der Waals surface area contributed by atoms with E-state index in [1.54, 1.807) is 6.07 Å². The van der Waals surface area contributed by atoms with Crippen molar-refractivity contribution in [2.24, 2.45) is 0 Å². The molecule has 0 fully saturated rings.